The molecule has 26 heavy (non-hydrogen) atoms. The molecule has 0 unspecified atom stereocenters. The highest BCUT2D eigenvalue weighted by Crippen LogP contribution is 2.34. The fourth-order valence-electron chi connectivity index (χ4n) is 2.22. The fourth-order valence-corrected chi connectivity index (χ4v) is 3.66. The maximum absolute atomic E-state index is 12.5. The normalized spacial score (nSPS) is 10.3. The zero-order valence-electron chi connectivity index (χ0n) is 14.6. The van der Waals surface area contributed by atoms with Gasteiger partial charge in [0.25, 0.3) is 5.91 Å². The number of rotatable bonds is 6. The number of hydrogen-bond acceptors (Lipinski definition) is 6. The molecule has 6 nitrogen and oxygen atoms in total. The summed E-state index contributed by atoms with van der Waals surface area (Å²) in [6, 6.07) is 7.00. The highest BCUT2D eigenvalue weighted by Gasteiger charge is 2.27. The Morgan fingerprint density at radius 2 is 1.62 bits per heavy atom. The first-order valence-electron chi connectivity index (χ1n) is 7.93. The van der Waals surface area contributed by atoms with Crippen LogP contribution in [0.25, 0.3) is 0 Å². The summed E-state index contributed by atoms with van der Waals surface area (Å²) < 4.78 is 11.1. The third-order valence-corrected chi connectivity index (χ3v) is 5.33. The van der Waals surface area contributed by atoms with E-state index in [1.165, 1.54) is 0 Å². The lowest BCUT2D eigenvalue weighted by atomic mass is 10.1. The average molecular weight is 487 g/mol. The summed E-state index contributed by atoms with van der Waals surface area (Å²) in [7, 11) is 0. The molecule has 1 aromatic heterocycles. The van der Waals surface area contributed by atoms with Crippen LogP contribution in [-0.4, -0.2) is 31.1 Å². The van der Waals surface area contributed by atoms with Gasteiger partial charge in [0, 0.05) is 9.13 Å². The van der Waals surface area contributed by atoms with Crippen molar-refractivity contribution in [1.29, 1.82) is 0 Å². The molecular formula is C18H18INO5S. The molecule has 0 aliphatic heterocycles. The molecule has 0 spiro atoms. The van der Waals surface area contributed by atoms with Crippen LogP contribution in [0.4, 0.5) is 5.00 Å². The second kappa shape index (κ2) is 9.13. The van der Waals surface area contributed by atoms with Crippen LogP contribution >= 0.6 is 33.9 Å². The summed E-state index contributed by atoms with van der Waals surface area (Å²) in [5.41, 5.74) is 1.06. The van der Waals surface area contributed by atoms with Gasteiger partial charge in [-0.25, -0.2) is 9.59 Å². The van der Waals surface area contributed by atoms with Gasteiger partial charge in [0.1, 0.15) is 9.88 Å². The molecular weight excluding hydrogens is 469 g/mol. The van der Waals surface area contributed by atoms with Gasteiger partial charge in [-0.05, 0) is 73.2 Å². The van der Waals surface area contributed by atoms with Crippen LogP contribution in [0.1, 0.15) is 49.8 Å². The summed E-state index contributed by atoms with van der Waals surface area (Å²) >= 11 is 3.15. The van der Waals surface area contributed by atoms with Gasteiger partial charge in [0.15, 0.2) is 0 Å². The van der Waals surface area contributed by atoms with Crippen molar-refractivity contribution in [3.05, 3.63) is 49.4 Å². The van der Waals surface area contributed by atoms with E-state index in [2.05, 4.69) is 27.9 Å². The van der Waals surface area contributed by atoms with E-state index in [0.29, 0.717) is 11.1 Å². The fraction of sp³-hybridized carbons (Fsp3) is 0.278. The lowest BCUT2D eigenvalue weighted by Gasteiger charge is -2.07. The Hall–Kier alpha value is -1.94. The van der Waals surface area contributed by atoms with Crippen LogP contribution in [0.2, 0.25) is 0 Å². The summed E-state index contributed by atoms with van der Waals surface area (Å²) in [4.78, 5) is 37.2. The van der Waals surface area contributed by atoms with E-state index in [4.69, 9.17) is 9.47 Å². The summed E-state index contributed by atoms with van der Waals surface area (Å²) in [6.07, 6.45) is 0. The highest BCUT2D eigenvalue weighted by atomic mass is 127. The summed E-state index contributed by atoms with van der Waals surface area (Å²) in [5, 5.41) is 2.98. The SMILES string of the molecule is CCOC(=O)c1sc(NC(=O)c2ccc(I)cc2)c(C(=O)OCC)c1C. The Kier molecular flexibility index (Phi) is 7.15. The first kappa shape index (κ1) is 20.4. The number of amides is 1. The van der Waals surface area contributed by atoms with Crippen molar-refractivity contribution in [2.75, 3.05) is 18.5 Å². The minimum absolute atomic E-state index is 0.179. The largest absolute Gasteiger partial charge is 0.462 e. The molecule has 0 saturated carbocycles. The lowest BCUT2D eigenvalue weighted by molar-refractivity contribution is 0.0527. The third kappa shape index (κ3) is 4.61. The number of hydrogen-bond donors (Lipinski definition) is 1. The molecule has 2 rings (SSSR count). The van der Waals surface area contributed by atoms with Gasteiger partial charge in [-0.15, -0.1) is 11.3 Å². The number of carbonyl (C=O) groups excluding carboxylic acids is 3. The monoisotopic (exact) mass is 487 g/mol. The maximum atomic E-state index is 12.5. The van der Waals surface area contributed by atoms with Gasteiger partial charge in [-0.1, -0.05) is 0 Å². The Bertz CT molecular complexity index is 829. The molecule has 0 saturated heterocycles. The van der Waals surface area contributed by atoms with Gasteiger partial charge in [0.05, 0.1) is 18.8 Å². The topological polar surface area (TPSA) is 81.7 Å². The third-order valence-electron chi connectivity index (χ3n) is 3.42. The molecule has 1 amide bonds. The molecule has 0 bridgehead atoms. The van der Waals surface area contributed by atoms with Crippen molar-refractivity contribution in [1.82, 2.24) is 0 Å². The van der Waals surface area contributed by atoms with Crippen molar-refractivity contribution >= 4 is 56.8 Å². The molecule has 0 radical (unpaired) electrons. The number of nitrogens with one attached hydrogen (secondary N) is 1. The standard InChI is InChI=1S/C18H18INO5S/c1-4-24-17(22)13-10(3)14(18(23)25-5-2)26-16(13)20-15(21)11-6-8-12(19)9-7-11/h6-9H,4-5H2,1-3H3,(H,20,21). The van der Waals surface area contributed by atoms with Crippen LogP contribution in [0.3, 0.4) is 0 Å². The van der Waals surface area contributed by atoms with Gasteiger partial charge >= 0.3 is 11.9 Å². The molecule has 0 fully saturated rings. The second-order valence-corrected chi connectivity index (χ2v) is 7.43. The quantitative estimate of drug-likeness (QED) is 0.487. The maximum Gasteiger partial charge on any atom is 0.348 e. The molecule has 1 heterocycles. The number of carbonyl (C=O) groups is 3. The average Bonchev–Trinajstić information content (AvgIpc) is 2.92. The van der Waals surface area contributed by atoms with Gasteiger partial charge in [-0.3, -0.25) is 4.79 Å². The predicted octanol–water partition coefficient (Wildman–Crippen LogP) is 4.27. The van der Waals surface area contributed by atoms with Gasteiger partial charge in [0.2, 0.25) is 0 Å². The number of halogens is 1. The van der Waals surface area contributed by atoms with Crippen LogP contribution in [0.5, 0.6) is 0 Å². The van der Waals surface area contributed by atoms with Crippen molar-refractivity contribution in [3.8, 4) is 0 Å². The van der Waals surface area contributed by atoms with E-state index in [1.54, 1.807) is 32.9 Å². The molecule has 0 aliphatic carbocycles. The summed E-state index contributed by atoms with van der Waals surface area (Å²) in [6.45, 7) is 5.43. The number of anilines is 1. The van der Waals surface area contributed by atoms with Gasteiger partial charge in [-0.2, -0.15) is 0 Å². The minimum atomic E-state index is -0.588. The van der Waals surface area contributed by atoms with Crippen molar-refractivity contribution in [3.63, 3.8) is 0 Å². The van der Waals surface area contributed by atoms with E-state index in [0.717, 1.165) is 14.9 Å². The van der Waals surface area contributed by atoms with Crippen LogP contribution in [0, 0.1) is 10.5 Å². The number of esters is 2. The van der Waals surface area contributed by atoms with Gasteiger partial charge < -0.3 is 14.8 Å². The highest BCUT2D eigenvalue weighted by molar-refractivity contribution is 14.1. The second-order valence-electron chi connectivity index (χ2n) is 5.16. The Labute approximate surface area is 169 Å². The molecule has 0 atom stereocenters. The Balaban J connectivity index is 2.40. The lowest BCUT2D eigenvalue weighted by Crippen LogP contribution is -2.15. The molecule has 2 aromatic rings. The minimum Gasteiger partial charge on any atom is -0.462 e. The number of benzene rings is 1. The van der Waals surface area contributed by atoms with Crippen molar-refractivity contribution < 1.29 is 23.9 Å². The van der Waals surface area contributed by atoms with Crippen LogP contribution in [-0.2, 0) is 9.47 Å². The number of thiophene rings is 1. The Morgan fingerprint density at radius 3 is 2.19 bits per heavy atom. The smallest absolute Gasteiger partial charge is 0.348 e. The van der Waals surface area contributed by atoms with E-state index < -0.39 is 11.9 Å². The molecule has 8 heteroatoms. The summed E-state index contributed by atoms with van der Waals surface area (Å²) in [5.74, 6) is -1.49. The van der Waals surface area contributed by atoms with Crippen molar-refractivity contribution in [2.45, 2.75) is 20.8 Å². The van der Waals surface area contributed by atoms with E-state index in [-0.39, 0.29) is 34.6 Å². The first-order chi connectivity index (χ1) is 12.4. The van der Waals surface area contributed by atoms with Crippen LogP contribution < -0.4 is 5.32 Å². The van der Waals surface area contributed by atoms with Crippen LogP contribution in [0.15, 0.2) is 24.3 Å². The van der Waals surface area contributed by atoms with E-state index >= 15 is 0 Å². The first-order valence-corrected chi connectivity index (χ1v) is 9.83. The number of ether oxygens (including phenoxy) is 2. The molecule has 1 N–H and O–H groups in total. The predicted molar refractivity (Wildman–Crippen MR) is 108 cm³/mol. The zero-order valence-corrected chi connectivity index (χ0v) is 17.5. The molecule has 1 aromatic carbocycles. The van der Waals surface area contributed by atoms with E-state index in [1.807, 2.05) is 12.1 Å². The van der Waals surface area contributed by atoms with Crippen molar-refractivity contribution in [2.24, 2.45) is 0 Å². The molecule has 138 valence electrons. The Morgan fingerprint density at radius 1 is 1.04 bits per heavy atom. The molecule has 0 aliphatic rings. The van der Waals surface area contributed by atoms with E-state index in [9.17, 15) is 14.4 Å². The zero-order chi connectivity index (χ0) is 19.3.